The molecule has 17 heavy (non-hydrogen) atoms. The average Bonchev–Trinajstić information content (AvgIpc) is 2.87. The molecule has 0 amide bonds. The van der Waals surface area contributed by atoms with Crippen LogP contribution in [-0.2, 0) is 12.6 Å². The SMILES string of the molecule is Oc1c(Br)cc(CC2(O)CC2)cc1C(F)(F)F. The van der Waals surface area contributed by atoms with E-state index in [1.54, 1.807) is 0 Å². The number of rotatable bonds is 2. The normalized spacial score (nSPS) is 18.2. The third kappa shape index (κ3) is 2.74. The second kappa shape index (κ2) is 3.88. The minimum atomic E-state index is -4.60. The molecule has 2 nitrogen and oxygen atoms in total. The molecule has 1 aliphatic carbocycles. The summed E-state index contributed by atoms with van der Waals surface area (Å²) in [4.78, 5) is 0. The Hall–Kier alpha value is -0.750. The largest absolute Gasteiger partial charge is 0.506 e. The summed E-state index contributed by atoms with van der Waals surface area (Å²) >= 11 is 2.89. The van der Waals surface area contributed by atoms with Crippen LogP contribution in [0.15, 0.2) is 16.6 Å². The summed E-state index contributed by atoms with van der Waals surface area (Å²) in [6.07, 6.45) is -3.22. The zero-order valence-corrected chi connectivity index (χ0v) is 10.3. The highest BCUT2D eigenvalue weighted by atomic mass is 79.9. The summed E-state index contributed by atoms with van der Waals surface area (Å²) in [7, 11) is 0. The molecular weight excluding hydrogens is 301 g/mol. The van der Waals surface area contributed by atoms with Crippen LogP contribution in [0.2, 0.25) is 0 Å². The van der Waals surface area contributed by atoms with Gasteiger partial charge in [0.15, 0.2) is 0 Å². The number of hydrogen-bond acceptors (Lipinski definition) is 2. The van der Waals surface area contributed by atoms with E-state index in [9.17, 15) is 23.4 Å². The van der Waals surface area contributed by atoms with Gasteiger partial charge < -0.3 is 10.2 Å². The topological polar surface area (TPSA) is 40.5 Å². The van der Waals surface area contributed by atoms with E-state index in [1.807, 2.05) is 0 Å². The van der Waals surface area contributed by atoms with E-state index < -0.39 is 23.1 Å². The molecule has 0 aromatic heterocycles. The van der Waals surface area contributed by atoms with Gasteiger partial charge in [-0.3, -0.25) is 0 Å². The fourth-order valence-corrected chi connectivity index (χ4v) is 2.18. The van der Waals surface area contributed by atoms with Crippen LogP contribution in [0, 0.1) is 0 Å². The highest BCUT2D eigenvalue weighted by Gasteiger charge is 2.41. The minimum Gasteiger partial charge on any atom is -0.506 e. The van der Waals surface area contributed by atoms with Crippen molar-refractivity contribution in [2.24, 2.45) is 0 Å². The van der Waals surface area contributed by atoms with Gasteiger partial charge in [0, 0.05) is 6.42 Å². The van der Waals surface area contributed by atoms with Gasteiger partial charge in [0.05, 0.1) is 15.6 Å². The first kappa shape index (κ1) is 12.7. The molecular formula is C11H10BrF3O2. The first-order valence-corrected chi connectivity index (χ1v) is 5.82. The van der Waals surface area contributed by atoms with Crippen molar-refractivity contribution < 1.29 is 23.4 Å². The maximum atomic E-state index is 12.6. The van der Waals surface area contributed by atoms with Gasteiger partial charge in [-0.15, -0.1) is 0 Å². The molecule has 1 aromatic carbocycles. The molecule has 0 radical (unpaired) electrons. The van der Waals surface area contributed by atoms with Crippen molar-refractivity contribution in [3.63, 3.8) is 0 Å². The molecule has 2 rings (SSSR count). The van der Waals surface area contributed by atoms with Crippen LogP contribution in [-0.4, -0.2) is 15.8 Å². The average molecular weight is 311 g/mol. The monoisotopic (exact) mass is 310 g/mol. The number of phenolic OH excluding ortho intramolecular Hbond substituents is 1. The van der Waals surface area contributed by atoms with Gasteiger partial charge in [-0.25, -0.2) is 0 Å². The van der Waals surface area contributed by atoms with Gasteiger partial charge in [-0.1, -0.05) is 0 Å². The first-order chi connectivity index (χ1) is 7.71. The van der Waals surface area contributed by atoms with Crippen molar-refractivity contribution in [2.45, 2.75) is 31.0 Å². The molecule has 1 aromatic rings. The summed E-state index contributed by atoms with van der Waals surface area (Å²) in [5, 5.41) is 19.0. The fraction of sp³-hybridized carbons (Fsp3) is 0.455. The predicted octanol–water partition coefficient (Wildman–Crippen LogP) is 3.24. The summed E-state index contributed by atoms with van der Waals surface area (Å²) in [5.74, 6) is -0.816. The lowest BCUT2D eigenvalue weighted by Crippen LogP contribution is -2.12. The maximum Gasteiger partial charge on any atom is 0.420 e. The number of phenols is 1. The van der Waals surface area contributed by atoms with Crippen LogP contribution in [0.3, 0.4) is 0 Å². The van der Waals surface area contributed by atoms with E-state index in [2.05, 4.69) is 15.9 Å². The molecule has 6 heteroatoms. The third-order valence-electron chi connectivity index (χ3n) is 2.79. The zero-order chi connectivity index (χ0) is 12.8. The smallest absolute Gasteiger partial charge is 0.420 e. The molecule has 1 aliphatic rings. The number of halogens is 4. The van der Waals surface area contributed by atoms with Gasteiger partial charge in [0.1, 0.15) is 5.75 Å². The Morgan fingerprint density at radius 2 is 1.88 bits per heavy atom. The molecule has 0 spiro atoms. The van der Waals surface area contributed by atoms with Crippen molar-refractivity contribution in [3.8, 4) is 5.75 Å². The summed E-state index contributed by atoms with van der Waals surface area (Å²) < 4.78 is 37.8. The van der Waals surface area contributed by atoms with Crippen LogP contribution in [0.1, 0.15) is 24.0 Å². The number of aromatic hydroxyl groups is 1. The number of alkyl halides is 3. The maximum absolute atomic E-state index is 12.6. The van der Waals surface area contributed by atoms with Crippen LogP contribution in [0.4, 0.5) is 13.2 Å². The molecule has 0 atom stereocenters. The molecule has 1 saturated carbocycles. The highest BCUT2D eigenvalue weighted by molar-refractivity contribution is 9.10. The highest BCUT2D eigenvalue weighted by Crippen LogP contribution is 2.43. The van der Waals surface area contributed by atoms with Crippen molar-refractivity contribution in [1.29, 1.82) is 0 Å². The van der Waals surface area contributed by atoms with Crippen LogP contribution in [0.5, 0.6) is 5.75 Å². The number of hydrogen-bond donors (Lipinski definition) is 2. The Kier molecular flexibility index (Phi) is 2.90. The molecule has 0 saturated heterocycles. The standard InChI is InChI=1S/C11H10BrF3O2/c12-8-4-6(5-10(17)1-2-10)3-7(9(8)16)11(13,14)15/h3-4,16-17H,1-2,5H2. The first-order valence-electron chi connectivity index (χ1n) is 5.02. The third-order valence-corrected chi connectivity index (χ3v) is 3.39. The lowest BCUT2D eigenvalue weighted by molar-refractivity contribution is -0.138. The number of aliphatic hydroxyl groups is 1. The molecule has 94 valence electrons. The number of benzene rings is 1. The van der Waals surface area contributed by atoms with Crippen LogP contribution >= 0.6 is 15.9 Å². The minimum absolute atomic E-state index is 0.00780. The predicted molar refractivity (Wildman–Crippen MR) is 58.7 cm³/mol. The van der Waals surface area contributed by atoms with Crippen LogP contribution < -0.4 is 0 Å². The molecule has 0 bridgehead atoms. The van der Waals surface area contributed by atoms with Crippen molar-refractivity contribution in [3.05, 3.63) is 27.7 Å². The van der Waals surface area contributed by atoms with Gasteiger partial charge in [0.25, 0.3) is 0 Å². The van der Waals surface area contributed by atoms with E-state index >= 15 is 0 Å². The van der Waals surface area contributed by atoms with Gasteiger partial charge in [-0.2, -0.15) is 13.2 Å². The second-order valence-corrected chi connectivity index (χ2v) is 5.23. The lowest BCUT2D eigenvalue weighted by atomic mass is 10.0. The molecule has 2 N–H and O–H groups in total. The Morgan fingerprint density at radius 1 is 1.29 bits per heavy atom. The van der Waals surface area contributed by atoms with Crippen molar-refractivity contribution in [2.75, 3.05) is 0 Å². The zero-order valence-electron chi connectivity index (χ0n) is 8.68. The van der Waals surface area contributed by atoms with Gasteiger partial charge >= 0.3 is 6.18 Å². The molecule has 0 heterocycles. The summed E-state index contributed by atoms with van der Waals surface area (Å²) in [6, 6.07) is 2.29. The van der Waals surface area contributed by atoms with E-state index in [1.165, 1.54) is 6.07 Å². The Morgan fingerprint density at radius 3 is 2.35 bits per heavy atom. The fourth-order valence-electron chi connectivity index (χ4n) is 1.67. The molecule has 0 unspecified atom stereocenters. The molecule has 1 fully saturated rings. The summed E-state index contributed by atoms with van der Waals surface area (Å²) in [6.45, 7) is 0. The Labute approximate surface area is 104 Å². The van der Waals surface area contributed by atoms with Crippen molar-refractivity contribution in [1.82, 2.24) is 0 Å². The van der Waals surface area contributed by atoms with Crippen LogP contribution in [0.25, 0.3) is 0 Å². The van der Waals surface area contributed by atoms with E-state index in [0.717, 1.165) is 6.07 Å². The summed E-state index contributed by atoms with van der Waals surface area (Å²) in [5.41, 5.74) is -1.58. The quantitative estimate of drug-likeness (QED) is 0.880. The lowest BCUT2D eigenvalue weighted by Gasteiger charge is -2.14. The van der Waals surface area contributed by atoms with E-state index in [-0.39, 0.29) is 10.9 Å². The van der Waals surface area contributed by atoms with E-state index in [4.69, 9.17) is 0 Å². The van der Waals surface area contributed by atoms with Gasteiger partial charge in [-0.05, 0) is 46.5 Å². The van der Waals surface area contributed by atoms with E-state index in [0.29, 0.717) is 18.4 Å². The molecule has 0 aliphatic heterocycles. The Bertz CT molecular complexity index is 453. The van der Waals surface area contributed by atoms with Crippen molar-refractivity contribution >= 4 is 15.9 Å². The second-order valence-electron chi connectivity index (χ2n) is 4.37. The Balaban J connectivity index is 2.39. The van der Waals surface area contributed by atoms with Gasteiger partial charge in [0.2, 0.25) is 0 Å².